The highest BCUT2D eigenvalue weighted by Gasteiger charge is 2.29. The van der Waals surface area contributed by atoms with Gasteiger partial charge in [0, 0.05) is 18.7 Å². The number of thiol groups is 1. The van der Waals surface area contributed by atoms with Gasteiger partial charge in [0.1, 0.15) is 11.8 Å². The fourth-order valence-electron chi connectivity index (χ4n) is 2.10. The van der Waals surface area contributed by atoms with Crippen molar-refractivity contribution >= 4 is 24.2 Å². The van der Waals surface area contributed by atoms with Crippen LogP contribution in [0.4, 0.5) is 5.69 Å². The van der Waals surface area contributed by atoms with Crippen LogP contribution in [0.2, 0.25) is 0 Å². The average molecular weight is 262 g/mol. The molecule has 0 saturated carbocycles. The largest absolute Gasteiger partial charge is 0.495 e. The van der Waals surface area contributed by atoms with Gasteiger partial charge < -0.3 is 9.64 Å². The van der Waals surface area contributed by atoms with Gasteiger partial charge in [0.2, 0.25) is 5.91 Å². The lowest BCUT2D eigenvalue weighted by Crippen LogP contribution is -2.24. The highest BCUT2D eigenvalue weighted by atomic mass is 32.1. The molecule has 1 aromatic rings. The van der Waals surface area contributed by atoms with Gasteiger partial charge in [0.15, 0.2) is 0 Å². The normalized spacial score (nSPS) is 18.8. The predicted molar refractivity (Wildman–Crippen MR) is 72.0 cm³/mol. The highest BCUT2D eigenvalue weighted by molar-refractivity contribution is 7.80. The third-order valence-corrected chi connectivity index (χ3v) is 3.59. The van der Waals surface area contributed by atoms with Crippen molar-refractivity contribution in [3.05, 3.63) is 23.8 Å². The van der Waals surface area contributed by atoms with Gasteiger partial charge in [-0.1, -0.05) is 0 Å². The molecule has 0 bridgehead atoms. The first kappa shape index (κ1) is 12.8. The third-order valence-electron chi connectivity index (χ3n) is 3.08. The molecule has 0 aromatic heterocycles. The van der Waals surface area contributed by atoms with Gasteiger partial charge in [-0.2, -0.15) is 17.9 Å². The first-order valence-electron chi connectivity index (χ1n) is 5.69. The SMILES string of the molecule is COc1ccc(N2CC(CS)CC2=O)cc1C#N. The van der Waals surface area contributed by atoms with E-state index in [2.05, 4.69) is 18.7 Å². The minimum atomic E-state index is 0.0862. The number of nitrogens with zero attached hydrogens (tertiary/aromatic N) is 2. The Kier molecular flexibility index (Phi) is 3.78. The van der Waals surface area contributed by atoms with Crippen molar-refractivity contribution in [1.29, 1.82) is 5.26 Å². The molecule has 5 heteroatoms. The zero-order valence-electron chi connectivity index (χ0n) is 10.1. The first-order chi connectivity index (χ1) is 8.69. The Bertz CT molecular complexity index is 510. The molecule has 1 aliphatic rings. The van der Waals surface area contributed by atoms with Crippen LogP contribution in [-0.4, -0.2) is 25.3 Å². The minimum Gasteiger partial charge on any atom is -0.495 e. The number of amides is 1. The molecule has 1 atom stereocenters. The number of carbonyl (C=O) groups is 1. The molecule has 1 unspecified atom stereocenters. The molecule has 4 nitrogen and oxygen atoms in total. The van der Waals surface area contributed by atoms with Crippen LogP contribution in [0.25, 0.3) is 0 Å². The van der Waals surface area contributed by atoms with Crippen LogP contribution in [0.15, 0.2) is 18.2 Å². The second-order valence-electron chi connectivity index (χ2n) is 4.25. The van der Waals surface area contributed by atoms with E-state index in [1.165, 1.54) is 7.11 Å². The summed E-state index contributed by atoms with van der Waals surface area (Å²) in [5.41, 5.74) is 1.19. The summed E-state index contributed by atoms with van der Waals surface area (Å²) in [7, 11) is 1.52. The summed E-state index contributed by atoms with van der Waals surface area (Å²) < 4.78 is 5.08. The predicted octanol–water partition coefficient (Wildman–Crippen LogP) is 1.85. The van der Waals surface area contributed by atoms with Gasteiger partial charge in [-0.3, -0.25) is 4.79 Å². The van der Waals surface area contributed by atoms with Crippen LogP contribution in [0.3, 0.4) is 0 Å². The lowest BCUT2D eigenvalue weighted by Gasteiger charge is -2.17. The first-order valence-corrected chi connectivity index (χ1v) is 6.32. The summed E-state index contributed by atoms with van der Waals surface area (Å²) in [6.07, 6.45) is 0.525. The fourth-order valence-corrected chi connectivity index (χ4v) is 2.35. The molecule has 0 N–H and O–H groups in total. The molecule has 1 aromatic carbocycles. The molecule has 2 rings (SSSR count). The van der Waals surface area contributed by atoms with E-state index in [9.17, 15) is 4.79 Å². The summed E-state index contributed by atoms with van der Waals surface area (Å²) in [6.45, 7) is 0.666. The Hall–Kier alpha value is -1.67. The van der Waals surface area contributed by atoms with Gasteiger partial charge in [-0.15, -0.1) is 0 Å². The van der Waals surface area contributed by atoms with Gasteiger partial charge in [0.25, 0.3) is 0 Å². The third kappa shape index (κ3) is 2.29. The summed E-state index contributed by atoms with van der Waals surface area (Å²) >= 11 is 4.23. The molecular formula is C13H14N2O2S. The minimum absolute atomic E-state index is 0.0862. The van der Waals surface area contributed by atoms with Gasteiger partial charge in [-0.05, 0) is 29.9 Å². The molecule has 1 aliphatic heterocycles. The van der Waals surface area contributed by atoms with Crippen LogP contribution in [-0.2, 0) is 4.79 Å². The maximum Gasteiger partial charge on any atom is 0.227 e. The van der Waals surface area contributed by atoms with Crippen LogP contribution >= 0.6 is 12.6 Å². The number of anilines is 1. The number of ether oxygens (including phenoxy) is 1. The Labute approximate surface area is 112 Å². The quantitative estimate of drug-likeness (QED) is 0.846. The fraction of sp³-hybridized carbons (Fsp3) is 0.385. The Morgan fingerprint density at radius 3 is 2.94 bits per heavy atom. The zero-order chi connectivity index (χ0) is 13.1. The van der Waals surface area contributed by atoms with Crippen molar-refractivity contribution in [3.63, 3.8) is 0 Å². The molecule has 0 aliphatic carbocycles. The standard InChI is InChI=1S/C13H14N2O2S/c1-17-12-3-2-11(5-10(12)6-14)15-7-9(8-18)4-13(15)16/h2-3,5,9,18H,4,7-8H2,1H3. The van der Waals surface area contributed by atoms with E-state index in [-0.39, 0.29) is 11.8 Å². The molecule has 1 heterocycles. The molecule has 0 radical (unpaired) electrons. The van der Waals surface area contributed by atoms with Crippen molar-refractivity contribution in [3.8, 4) is 11.8 Å². The maximum atomic E-state index is 11.9. The molecule has 1 fully saturated rings. The molecule has 0 spiro atoms. The molecule has 1 saturated heterocycles. The van der Waals surface area contributed by atoms with Crippen LogP contribution in [0, 0.1) is 17.2 Å². The summed E-state index contributed by atoms with van der Waals surface area (Å²) in [4.78, 5) is 13.6. The second-order valence-corrected chi connectivity index (χ2v) is 4.62. The maximum absolute atomic E-state index is 11.9. The van der Waals surface area contributed by atoms with E-state index in [1.807, 2.05) is 0 Å². The summed E-state index contributed by atoms with van der Waals surface area (Å²) in [6, 6.07) is 7.29. The van der Waals surface area contributed by atoms with Crippen molar-refractivity contribution in [2.45, 2.75) is 6.42 Å². The van der Waals surface area contributed by atoms with Crippen LogP contribution in [0.1, 0.15) is 12.0 Å². The number of nitriles is 1. The number of hydrogen-bond acceptors (Lipinski definition) is 4. The smallest absolute Gasteiger partial charge is 0.227 e. The number of carbonyl (C=O) groups excluding carboxylic acids is 1. The van der Waals surface area contributed by atoms with Crippen molar-refractivity contribution < 1.29 is 9.53 Å². The molecular weight excluding hydrogens is 248 g/mol. The van der Waals surface area contributed by atoms with Gasteiger partial charge in [0.05, 0.1) is 12.7 Å². The van der Waals surface area contributed by atoms with E-state index < -0.39 is 0 Å². The topological polar surface area (TPSA) is 53.3 Å². The Morgan fingerprint density at radius 2 is 2.39 bits per heavy atom. The average Bonchev–Trinajstić information content (AvgIpc) is 2.79. The Balaban J connectivity index is 2.30. The lowest BCUT2D eigenvalue weighted by molar-refractivity contribution is -0.117. The molecule has 18 heavy (non-hydrogen) atoms. The van der Waals surface area contributed by atoms with Gasteiger partial charge in [-0.25, -0.2) is 0 Å². The van der Waals surface area contributed by atoms with E-state index in [1.54, 1.807) is 23.1 Å². The summed E-state index contributed by atoms with van der Waals surface area (Å²) in [5, 5.41) is 9.04. The Morgan fingerprint density at radius 1 is 1.61 bits per heavy atom. The summed E-state index contributed by atoms with van der Waals surface area (Å²) in [5.74, 6) is 1.60. The van der Waals surface area contributed by atoms with Crippen LogP contribution < -0.4 is 9.64 Å². The zero-order valence-corrected chi connectivity index (χ0v) is 11.0. The van der Waals surface area contributed by atoms with Crippen LogP contribution in [0.5, 0.6) is 5.75 Å². The van der Waals surface area contributed by atoms with E-state index >= 15 is 0 Å². The van der Waals surface area contributed by atoms with Gasteiger partial charge >= 0.3 is 0 Å². The van der Waals surface area contributed by atoms with Crippen molar-refractivity contribution in [1.82, 2.24) is 0 Å². The molecule has 94 valence electrons. The highest BCUT2D eigenvalue weighted by Crippen LogP contribution is 2.29. The number of rotatable bonds is 3. The van der Waals surface area contributed by atoms with E-state index in [0.717, 1.165) is 5.69 Å². The second kappa shape index (κ2) is 5.32. The monoisotopic (exact) mass is 262 g/mol. The number of hydrogen-bond donors (Lipinski definition) is 1. The lowest BCUT2D eigenvalue weighted by atomic mass is 10.1. The van der Waals surface area contributed by atoms with Crippen molar-refractivity contribution in [2.24, 2.45) is 5.92 Å². The number of benzene rings is 1. The van der Waals surface area contributed by atoms with E-state index in [0.29, 0.717) is 30.0 Å². The number of methoxy groups -OCH3 is 1. The molecule has 1 amide bonds. The van der Waals surface area contributed by atoms with E-state index in [4.69, 9.17) is 10.00 Å². The van der Waals surface area contributed by atoms with Crippen molar-refractivity contribution in [2.75, 3.05) is 24.3 Å².